The van der Waals surface area contributed by atoms with Gasteiger partial charge in [-0.2, -0.15) is 5.10 Å². The molecule has 36 heavy (non-hydrogen) atoms. The van der Waals surface area contributed by atoms with Gasteiger partial charge in [-0.15, -0.1) is 0 Å². The van der Waals surface area contributed by atoms with E-state index in [4.69, 9.17) is 4.74 Å². The molecule has 0 saturated heterocycles. The molecule has 0 bridgehead atoms. The number of aryl methyl sites for hydroxylation is 2. The van der Waals surface area contributed by atoms with Crippen molar-refractivity contribution in [2.24, 2.45) is 0 Å². The first-order valence-corrected chi connectivity index (χ1v) is 12.0. The molecule has 1 aliphatic heterocycles. The average Bonchev–Trinajstić information content (AvgIpc) is 3.43. The number of aliphatic hydroxyl groups is 1. The molecule has 1 aliphatic rings. The van der Waals surface area contributed by atoms with Gasteiger partial charge in [-0.3, -0.25) is 9.89 Å². The van der Waals surface area contributed by atoms with E-state index in [0.717, 1.165) is 33.6 Å². The maximum atomic E-state index is 13.4. The number of benzene rings is 3. The maximum absolute atomic E-state index is 13.4. The summed E-state index contributed by atoms with van der Waals surface area (Å²) in [7, 11) is 0. The topological polar surface area (TPSA) is 98.7 Å². The Balaban J connectivity index is 1.52. The molecule has 4 aromatic rings. The van der Waals surface area contributed by atoms with Gasteiger partial charge in [-0.25, -0.2) is 0 Å². The molecular formula is C29H29N3O4. The molecule has 0 saturated carbocycles. The zero-order chi connectivity index (χ0) is 25.2. The third kappa shape index (κ3) is 4.33. The first-order chi connectivity index (χ1) is 17.5. The molecule has 0 radical (unpaired) electrons. The van der Waals surface area contributed by atoms with Crippen LogP contribution in [0.25, 0.3) is 11.3 Å². The number of aliphatic hydroxyl groups excluding tert-OH is 1. The number of phenolic OH excluding ortho intramolecular Hbond substituents is 1. The van der Waals surface area contributed by atoms with Crippen LogP contribution >= 0.6 is 0 Å². The Kier molecular flexibility index (Phi) is 6.48. The van der Waals surface area contributed by atoms with E-state index >= 15 is 0 Å². The molecule has 1 unspecified atom stereocenters. The van der Waals surface area contributed by atoms with E-state index < -0.39 is 6.04 Å². The van der Waals surface area contributed by atoms with Crippen molar-refractivity contribution in [3.05, 3.63) is 100 Å². The summed E-state index contributed by atoms with van der Waals surface area (Å²) >= 11 is 0. The van der Waals surface area contributed by atoms with E-state index in [9.17, 15) is 15.0 Å². The predicted molar refractivity (Wildman–Crippen MR) is 137 cm³/mol. The average molecular weight is 484 g/mol. The van der Waals surface area contributed by atoms with Crippen molar-refractivity contribution < 1.29 is 19.7 Å². The van der Waals surface area contributed by atoms with Crippen molar-refractivity contribution in [2.45, 2.75) is 32.9 Å². The van der Waals surface area contributed by atoms with Gasteiger partial charge in [0.2, 0.25) is 0 Å². The van der Waals surface area contributed by atoms with Crippen LogP contribution in [0.3, 0.4) is 0 Å². The first kappa shape index (κ1) is 23.6. The molecule has 1 atom stereocenters. The first-order valence-electron chi connectivity index (χ1n) is 12.0. The Morgan fingerprint density at radius 1 is 1.06 bits per heavy atom. The molecule has 0 aliphatic carbocycles. The quantitative estimate of drug-likeness (QED) is 0.331. The standard InChI is InChI=1S/C29H29N3O4/c1-18-15-19(2)28(34)23(16-18)25-24-26(31-30-25)29(35)32(13-6-14-33)27(24)21-9-11-22(12-10-21)36-17-20-7-4-3-5-8-20/h3-5,7-12,15-16,27,33-34H,6,13-14,17H2,1-2H3,(H,30,31). The fourth-order valence-electron chi connectivity index (χ4n) is 4.85. The minimum atomic E-state index is -0.406. The van der Waals surface area contributed by atoms with E-state index in [0.29, 0.717) is 36.5 Å². The zero-order valence-electron chi connectivity index (χ0n) is 20.4. The lowest BCUT2D eigenvalue weighted by Crippen LogP contribution is -2.31. The minimum absolute atomic E-state index is 0.0142. The van der Waals surface area contributed by atoms with Crippen LogP contribution in [0.15, 0.2) is 66.7 Å². The molecule has 2 heterocycles. The third-order valence-electron chi connectivity index (χ3n) is 6.57. The number of aromatic nitrogens is 2. The van der Waals surface area contributed by atoms with Crippen molar-refractivity contribution in [1.29, 1.82) is 0 Å². The second kappa shape index (κ2) is 9.87. The number of fused-ring (bicyclic) bond motifs is 1. The number of nitrogens with one attached hydrogen (secondary N) is 1. The van der Waals surface area contributed by atoms with E-state index in [-0.39, 0.29) is 18.3 Å². The van der Waals surface area contributed by atoms with Crippen LogP contribution < -0.4 is 4.74 Å². The Bertz CT molecular complexity index is 1380. The molecule has 7 heteroatoms. The predicted octanol–water partition coefficient (Wildman–Crippen LogP) is 4.91. The van der Waals surface area contributed by atoms with Gasteiger partial charge in [-0.05, 0) is 60.7 Å². The van der Waals surface area contributed by atoms with E-state index in [1.165, 1.54) is 0 Å². The number of hydrogen-bond donors (Lipinski definition) is 3. The van der Waals surface area contributed by atoms with Gasteiger partial charge < -0.3 is 19.8 Å². The number of aromatic amines is 1. The zero-order valence-corrected chi connectivity index (χ0v) is 20.4. The maximum Gasteiger partial charge on any atom is 0.273 e. The highest BCUT2D eigenvalue weighted by atomic mass is 16.5. The number of hydrogen-bond acceptors (Lipinski definition) is 5. The molecule has 184 valence electrons. The monoisotopic (exact) mass is 483 g/mol. The molecule has 0 spiro atoms. The minimum Gasteiger partial charge on any atom is -0.507 e. The lowest BCUT2D eigenvalue weighted by molar-refractivity contribution is 0.0732. The third-order valence-corrected chi connectivity index (χ3v) is 6.57. The fraction of sp³-hybridized carbons (Fsp3) is 0.241. The van der Waals surface area contributed by atoms with Crippen LogP contribution in [-0.4, -0.2) is 44.4 Å². The number of carbonyl (C=O) groups excluding carboxylic acids is 1. The normalized spacial score (nSPS) is 14.8. The molecule has 1 amide bonds. The van der Waals surface area contributed by atoms with E-state index in [1.54, 1.807) is 4.90 Å². The Morgan fingerprint density at radius 2 is 1.81 bits per heavy atom. The number of phenols is 1. The molecule has 3 aromatic carbocycles. The summed E-state index contributed by atoms with van der Waals surface area (Å²) in [5, 5.41) is 27.7. The SMILES string of the molecule is Cc1cc(C)c(O)c(-c2n[nH]c3c2C(c2ccc(OCc4ccccc4)cc2)N(CCCO)C3=O)c1. The van der Waals surface area contributed by atoms with Crippen molar-refractivity contribution >= 4 is 5.91 Å². The smallest absolute Gasteiger partial charge is 0.273 e. The van der Waals surface area contributed by atoms with Gasteiger partial charge in [0, 0.05) is 24.3 Å². The molecule has 0 fully saturated rings. The summed E-state index contributed by atoms with van der Waals surface area (Å²) in [4.78, 5) is 15.1. The summed E-state index contributed by atoms with van der Waals surface area (Å²) in [6, 6.07) is 21.1. The summed E-state index contributed by atoms with van der Waals surface area (Å²) in [6.07, 6.45) is 0.461. The van der Waals surface area contributed by atoms with E-state index in [2.05, 4.69) is 10.2 Å². The van der Waals surface area contributed by atoms with Crippen LogP contribution in [0, 0.1) is 13.8 Å². The number of nitrogens with zero attached hydrogens (tertiary/aromatic N) is 2. The number of carbonyl (C=O) groups is 1. The van der Waals surface area contributed by atoms with Crippen molar-refractivity contribution in [3.63, 3.8) is 0 Å². The summed E-state index contributed by atoms with van der Waals surface area (Å²) in [5.41, 5.74) is 6.03. The van der Waals surface area contributed by atoms with Gasteiger partial charge >= 0.3 is 0 Å². The number of rotatable bonds is 8. The molecule has 7 nitrogen and oxygen atoms in total. The number of H-pyrrole nitrogens is 1. The Hall–Kier alpha value is -4.10. The highest BCUT2D eigenvalue weighted by Crippen LogP contribution is 2.45. The molecule has 3 N–H and O–H groups in total. The highest BCUT2D eigenvalue weighted by molar-refractivity contribution is 6.00. The van der Waals surface area contributed by atoms with Crippen molar-refractivity contribution in [3.8, 4) is 22.8 Å². The summed E-state index contributed by atoms with van der Waals surface area (Å²) in [5.74, 6) is 0.712. The number of amides is 1. The van der Waals surface area contributed by atoms with Gasteiger partial charge in [0.15, 0.2) is 0 Å². The Labute approximate surface area is 210 Å². The number of aromatic hydroxyl groups is 1. The lowest BCUT2D eigenvalue weighted by atomic mass is 9.94. The van der Waals surface area contributed by atoms with Gasteiger partial charge in [0.1, 0.15) is 29.5 Å². The Morgan fingerprint density at radius 3 is 2.53 bits per heavy atom. The van der Waals surface area contributed by atoms with Gasteiger partial charge in [-0.1, -0.05) is 48.5 Å². The van der Waals surface area contributed by atoms with E-state index in [1.807, 2.05) is 80.6 Å². The molecule has 5 rings (SSSR count). The van der Waals surface area contributed by atoms with Crippen LogP contribution in [-0.2, 0) is 6.61 Å². The van der Waals surface area contributed by atoms with Crippen molar-refractivity contribution in [2.75, 3.05) is 13.2 Å². The molecule has 1 aromatic heterocycles. The highest BCUT2D eigenvalue weighted by Gasteiger charge is 2.42. The van der Waals surface area contributed by atoms with Crippen molar-refractivity contribution in [1.82, 2.24) is 15.1 Å². The second-order valence-corrected chi connectivity index (χ2v) is 9.16. The number of ether oxygens (including phenoxy) is 1. The summed E-state index contributed by atoms with van der Waals surface area (Å²) < 4.78 is 5.95. The lowest BCUT2D eigenvalue weighted by Gasteiger charge is -2.26. The largest absolute Gasteiger partial charge is 0.507 e. The van der Waals surface area contributed by atoms with Crippen LogP contribution in [0.4, 0.5) is 0 Å². The summed E-state index contributed by atoms with van der Waals surface area (Å²) in [6.45, 7) is 4.66. The van der Waals surface area contributed by atoms with Gasteiger partial charge in [0.25, 0.3) is 5.91 Å². The second-order valence-electron chi connectivity index (χ2n) is 9.16. The van der Waals surface area contributed by atoms with Crippen LogP contribution in [0.1, 0.15) is 50.8 Å². The van der Waals surface area contributed by atoms with Crippen LogP contribution in [0.5, 0.6) is 11.5 Å². The van der Waals surface area contributed by atoms with Crippen LogP contribution in [0.2, 0.25) is 0 Å². The van der Waals surface area contributed by atoms with Gasteiger partial charge in [0.05, 0.1) is 6.04 Å². The molecular weight excluding hydrogens is 454 g/mol. The fourth-order valence-corrected chi connectivity index (χ4v) is 4.85.